The first-order valence-corrected chi connectivity index (χ1v) is 9.47. The lowest BCUT2D eigenvalue weighted by atomic mass is 10.1. The van der Waals surface area contributed by atoms with E-state index in [1.807, 2.05) is 13.2 Å². The highest BCUT2D eigenvalue weighted by Gasteiger charge is 2.16. The standard InChI is InChI=1S/C13H20N2O3S2/c1-4-11(8-19-2)15-13(16)9-5-10(14)7-12(6-9)20(3,17)18/h5-7,11H,4,8,14H2,1-3H3,(H,15,16). The van der Waals surface area contributed by atoms with Gasteiger partial charge in [0, 0.05) is 29.3 Å². The third-order valence-electron chi connectivity index (χ3n) is 2.82. The van der Waals surface area contributed by atoms with Gasteiger partial charge in [0.15, 0.2) is 9.84 Å². The van der Waals surface area contributed by atoms with Gasteiger partial charge in [0.25, 0.3) is 5.91 Å². The molecule has 0 bridgehead atoms. The number of carbonyl (C=O) groups is 1. The summed E-state index contributed by atoms with van der Waals surface area (Å²) in [6.45, 7) is 1.99. The summed E-state index contributed by atoms with van der Waals surface area (Å²) in [5, 5.41) is 2.88. The van der Waals surface area contributed by atoms with E-state index in [4.69, 9.17) is 5.73 Å². The number of rotatable bonds is 6. The van der Waals surface area contributed by atoms with Crippen LogP contribution in [0.4, 0.5) is 5.69 Å². The van der Waals surface area contributed by atoms with Crippen LogP contribution in [0.5, 0.6) is 0 Å². The van der Waals surface area contributed by atoms with Gasteiger partial charge in [-0.25, -0.2) is 8.42 Å². The molecule has 112 valence electrons. The number of hydrogen-bond donors (Lipinski definition) is 2. The Bertz CT molecular complexity index is 585. The van der Waals surface area contributed by atoms with Crippen molar-refractivity contribution in [2.75, 3.05) is 24.0 Å². The first-order valence-electron chi connectivity index (χ1n) is 6.18. The molecule has 5 nitrogen and oxygen atoms in total. The Hall–Kier alpha value is -1.21. The lowest BCUT2D eigenvalue weighted by Crippen LogP contribution is -2.36. The number of nitrogens with two attached hydrogens (primary N) is 1. The minimum Gasteiger partial charge on any atom is -0.399 e. The van der Waals surface area contributed by atoms with Gasteiger partial charge in [-0.2, -0.15) is 11.8 Å². The summed E-state index contributed by atoms with van der Waals surface area (Å²) < 4.78 is 23.1. The average Bonchev–Trinajstić information content (AvgIpc) is 2.36. The minimum atomic E-state index is -3.39. The van der Waals surface area contributed by atoms with Crippen LogP contribution in [0.1, 0.15) is 23.7 Å². The maximum absolute atomic E-state index is 12.1. The van der Waals surface area contributed by atoms with E-state index >= 15 is 0 Å². The second-order valence-electron chi connectivity index (χ2n) is 4.60. The molecule has 0 heterocycles. The van der Waals surface area contributed by atoms with Crippen molar-refractivity contribution in [3.05, 3.63) is 23.8 Å². The van der Waals surface area contributed by atoms with Crippen LogP contribution in [0.3, 0.4) is 0 Å². The summed E-state index contributed by atoms with van der Waals surface area (Å²) in [4.78, 5) is 12.2. The van der Waals surface area contributed by atoms with E-state index < -0.39 is 9.84 Å². The van der Waals surface area contributed by atoms with Crippen LogP contribution in [-0.4, -0.2) is 38.6 Å². The summed E-state index contributed by atoms with van der Waals surface area (Å²) in [7, 11) is -3.39. The van der Waals surface area contributed by atoms with E-state index in [9.17, 15) is 13.2 Å². The monoisotopic (exact) mass is 316 g/mol. The Morgan fingerprint density at radius 1 is 1.40 bits per heavy atom. The van der Waals surface area contributed by atoms with Crippen LogP contribution >= 0.6 is 11.8 Å². The zero-order valence-corrected chi connectivity index (χ0v) is 13.5. The van der Waals surface area contributed by atoms with Gasteiger partial charge >= 0.3 is 0 Å². The number of hydrogen-bond acceptors (Lipinski definition) is 5. The number of thioether (sulfide) groups is 1. The van der Waals surface area contributed by atoms with Gasteiger partial charge in [0.2, 0.25) is 0 Å². The van der Waals surface area contributed by atoms with Gasteiger partial charge in [-0.1, -0.05) is 6.92 Å². The molecule has 0 aliphatic heterocycles. The van der Waals surface area contributed by atoms with Crippen LogP contribution in [-0.2, 0) is 9.84 Å². The average molecular weight is 316 g/mol. The summed E-state index contributed by atoms with van der Waals surface area (Å²) in [5.74, 6) is 0.506. The van der Waals surface area contributed by atoms with Crippen molar-refractivity contribution in [1.29, 1.82) is 0 Å². The summed E-state index contributed by atoms with van der Waals surface area (Å²) in [5.41, 5.74) is 6.20. The number of benzene rings is 1. The predicted octanol–water partition coefficient (Wildman–Crippen LogP) is 1.54. The number of sulfone groups is 1. The highest BCUT2D eigenvalue weighted by atomic mass is 32.2. The molecule has 0 spiro atoms. The van der Waals surface area contributed by atoms with Gasteiger partial charge < -0.3 is 11.1 Å². The lowest BCUT2D eigenvalue weighted by Gasteiger charge is -2.16. The van der Waals surface area contributed by atoms with Crippen molar-refractivity contribution < 1.29 is 13.2 Å². The van der Waals surface area contributed by atoms with Gasteiger partial charge in [0.1, 0.15) is 0 Å². The normalized spacial score (nSPS) is 12.9. The number of nitrogens with one attached hydrogen (secondary N) is 1. The Balaban J connectivity index is 3.02. The van der Waals surface area contributed by atoms with E-state index in [-0.39, 0.29) is 28.1 Å². The maximum atomic E-state index is 12.1. The molecule has 0 aliphatic rings. The van der Waals surface area contributed by atoms with Crippen molar-refractivity contribution in [2.45, 2.75) is 24.3 Å². The molecule has 7 heteroatoms. The van der Waals surface area contributed by atoms with Gasteiger partial charge in [-0.15, -0.1) is 0 Å². The number of nitrogen functional groups attached to an aromatic ring is 1. The maximum Gasteiger partial charge on any atom is 0.251 e. The van der Waals surface area contributed by atoms with Crippen LogP contribution in [0.15, 0.2) is 23.1 Å². The molecule has 0 fully saturated rings. The first kappa shape index (κ1) is 16.8. The molecule has 1 rings (SSSR count). The molecule has 1 amide bonds. The molecule has 0 saturated carbocycles. The molecule has 1 aromatic rings. The van der Waals surface area contributed by atoms with E-state index in [0.29, 0.717) is 0 Å². The third-order valence-corrected chi connectivity index (χ3v) is 4.64. The van der Waals surface area contributed by atoms with E-state index in [1.165, 1.54) is 18.2 Å². The van der Waals surface area contributed by atoms with Crippen molar-refractivity contribution in [1.82, 2.24) is 5.32 Å². The molecular formula is C13H20N2O3S2. The molecule has 1 atom stereocenters. The Morgan fingerprint density at radius 3 is 2.55 bits per heavy atom. The van der Waals surface area contributed by atoms with Crippen molar-refractivity contribution in [3.63, 3.8) is 0 Å². The molecule has 1 unspecified atom stereocenters. The highest BCUT2D eigenvalue weighted by molar-refractivity contribution is 7.98. The number of carbonyl (C=O) groups excluding carboxylic acids is 1. The van der Waals surface area contributed by atoms with Gasteiger partial charge in [-0.3, -0.25) is 4.79 Å². The van der Waals surface area contributed by atoms with Crippen LogP contribution in [0.25, 0.3) is 0 Å². The van der Waals surface area contributed by atoms with Crippen molar-refractivity contribution in [2.24, 2.45) is 0 Å². The zero-order valence-electron chi connectivity index (χ0n) is 11.8. The van der Waals surface area contributed by atoms with E-state index in [1.54, 1.807) is 11.8 Å². The Morgan fingerprint density at radius 2 is 2.05 bits per heavy atom. The van der Waals surface area contributed by atoms with Crippen LogP contribution in [0.2, 0.25) is 0 Å². The first-order chi connectivity index (χ1) is 9.27. The van der Waals surface area contributed by atoms with Crippen molar-refractivity contribution in [3.8, 4) is 0 Å². The molecule has 0 radical (unpaired) electrons. The van der Waals surface area contributed by atoms with Gasteiger partial charge in [0.05, 0.1) is 4.90 Å². The molecule has 0 aliphatic carbocycles. The predicted molar refractivity (Wildman–Crippen MR) is 83.9 cm³/mol. The SMILES string of the molecule is CCC(CSC)NC(=O)c1cc(N)cc(S(C)(=O)=O)c1. The molecule has 1 aromatic carbocycles. The highest BCUT2D eigenvalue weighted by Crippen LogP contribution is 2.17. The van der Waals surface area contributed by atoms with Crippen molar-refractivity contribution >= 4 is 33.2 Å². The van der Waals surface area contributed by atoms with E-state index in [0.717, 1.165) is 18.4 Å². The lowest BCUT2D eigenvalue weighted by molar-refractivity contribution is 0.0940. The fourth-order valence-corrected chi connectivity index (χ4v) is 3.11. The molecule has 20 heavy (non-hydrogen) atoms. The molecule has 0 saturated heterocycles. The Kier molecular flexibility index (Phi) is 5.88. The van der Waals surface area contributed by atoms with Crippen LogP contribution in [0, 0.1) is 0 Å². The molecule has 3 N–H and O–H groups in total. The minimum absolute atomic E-state index is 0.0561. The fourth-order valence-electron chi connectivity index (χ4n) is 1.70. The van der Waals surface area contributed by atoms with Crippen LogP contribution < -0.4 is 11.1 Å². The summed E-state index contributed by atoms with van der Waals surface area (Å²) in [6, 6.07) is 4.24. The molecular weight excluding hydrogens is 296 g/mol. The number of amides is 1. The van der Waals surface area contributed by atoms with Gasteiger partial charge in [-0.05, 0) is 30.9 Å². The topological polar surface area (TPSA) is 89.3 Å². The smallest absolute Gasteiger partial charge is 0.251 e. The third kappa shape index (κ3) is 4.72. The quantitative estimate of drug-likeness (QED) is 0.777. The largest absolute Gasteiger partial charge is 0.399 e. The fraction of sp³-hybridized carbons (Fsp3) is 0.462. The molecule has 0 aromatic heterocycles. The number of anilines is 1. The zero-order chi connectivity index (χ0) is 15.3. The second kappa shape index (κ2) is 6.99. The Labute approximate surface area is 124 Å². The second-order valence-corrected chi connectivity index (χ2v) is 7.52. The summed E-state index contributed by atoms with van der Waals surface area (Å²) >= 11 is 1.65. The summed E-state index contributed by atoms with van der Waals surface area (Å²) in [6.07, 6.45) is 3.87. The van der Waals surface area contributed by atoms with E-state index in [2.05, 4.69) is 5.32 Å².